The molecule has 1 aromatic rings. The molecule has 1 aliphatic heterocycles. The molecule has 1 heterocycles. The van der Waals surface area contributed by atoms with Gasteiger partial charge < -0.3 is 0 Å². The van der Waals surface area contributed by atoms with E-state index in [0.29, 0.717) is 0 Å². The van der Waals surface area contributed by atoms with Gasteiger partial charge in [-0.15, -0.1) is 0 Å². The minimum atomic E-state index is -0.618. The van der Waals surface area contributed by atoms with Crippen LogP contribution in [0.5, 0.6) is 0 Å². The van der Waals surface area contributed by atoms with Gasteiger partial charge in [-0.2, -0.15) is 0 Å². The number of carbonyl (C=O) groups is 3. The average Bonchev–Trinajstić information content (AvgIpc) is 2.54. The third kappa shape index (κ3) is 3.18. The van der Waals surface area contributed by atoms with Crippen molar-refractivity contribution in [3.05, 3.63) is 41.0 Å². The summed E-state index contributed by atoms with van der Waals surface area (Å²) in [7, 11) is 0. The molecule has 23 heavy (non-hydrogen) atoms. The van der Waals surface area contributed by atoms with Gasteiger partial charge >= 0.3 is 6.03 Å². The summed E-state index contributed by atoms with van der Waals surface area (Å²) in [6.45, 7) is 1.97. The van der Waals surface area contributed by atoms with Gasteiger partial charge in [0, 0.05) is 6.04 Å². The van der Waals surface area contributed by atoms with E-state index in [1.54, 1.807) is 6.08 Å². The summed E-state index contributed by atoms with van der Waals surface area (Å²) in [6, 6.07) is 6.84. The van der Waals surface area contributed by atoms with Gasteiger partial charge in [-0.25, -0.2) is 4.79 Å². The van der Waals surface area contributed by atoms with E-state index in [2.05, 4.69) is 5.32 Å². The number of hydrogen-bond acceptors (Lipinski definition) is 3. The smallest absolute Gasteiger partial charge is 0.273 e. The Bertz CT molecular complexity index is 670. The lowest BCUT2D eigenvalue weighted by atomic mass is 9.93. The van der Waals surface area contributed by atoms with Crippen molar-refractivity contribution in [1.29, 1.82) is 0 Å². The molecule has 0 unspecified atom stereocenters. The summed E-state index contributed by atoms with van der Waals surface area (Å²) in [5.74, 6) is -1.10. The SMILES string of the molecule is Cc1ccc(C=C2C(=O)NC(=O)N(C3CCCCC3)C2=O)cc1. The Morgan fingerprint density at radius 1 is 1.04 bits per heavy atom. The largest absolute Gasteiger partial charge is 0.331 e. The van der Waals surface area contributed by atoms with Crippen LogP contribution in [0.4, 0.5) is 4.79 Å². The summed E-state index contributed by atoms with van der Waals surface area (Å²) >= 11 is 0. The predicted molar refractivity (Wildman–Crippen MR) is 86.4 cm³/mol. The van der Waals surface area contributed by atoms with Crippen molar-refractivity contribution in [3.63, 3.8) is 0 Å². The maximum absolute atomic E-state index is 12.7. The van der Waals surface area contributed by atoms with Crippen molar-refractivity contribution >= 4 is 23.9 Å². The number of aryl methyl sites for hydroxylation is 1. The molecule has 5 heteroatoms. The second-order valence-electron chi connectivity index (χ2n) is 6.19. The van der Waals surface area contributed by atoms with Crippen molar-refractivity contribution in [2.45, 2.75) is 45.1 Å². The number of rotatable bonds is 2. The molecule has 1 N–H and O–H groups in total. The Kier molecular flexibility index (Phi) is 4.28. The van der Waals surface area contributed by atoms with E-state index in [9.17, 15) is 14.4 Å². The molecule has 0 atom stereocenters. The van der Waals surface area contributed by atoms with Crippen molar-refractivity contribution < 1.29 is 14.4 Å². The zero-order valence-electron chi connectivity index (χ0n) is 13.2. The van der Waals surface area contributed by atoms with E-state index in [1.807, 2.05) is 31.2 Å². The Morgan fingerprint density at radius 3 is 2.35 bits per heavy atom. The van der Waals surface area contributed by atoms with Crippen LogP contribution in [0.1, 0.15) is 43.2 Å². The molecule has 2 fully saturated rings. The summed E-state index contributed by atoms with van der Waals surface area (Å²) in [6.07, 6.45) is 6.32. The van der Waals surface area contributed by atoms with Gasteiger partial charge in [-0.3, -0.25) is 19.8 Å². The number of nitrogens with one attached hydrogen (secondary N) is 1. The second kappa shape index (κ2) is 6.36. The summed E-state index contributed by atoms with van der Waals surface area (Å²) in [4.78, 5) is 38.1. The number of nitrogens with zero attached hydrogens (tertiary/aromatic N) is 1. The van der Waals surface area contributed by atoms with Crippen molar-refractivity contribution in [2.24, 2.45) is 0 Å². The molecule has 1 saturated heterocycles. The van der Waals surface area contributed by atoms with Crippen molar-refractivity contribution in [3.8, 4) is 0 Å². The number of hydrogen-bond donors (Lipinski definition) is 1. The van der Waals surface area contributed by atoms with Crippen molar-refractivity contribution in [1.82, 2.24) is 10.2 Å². The highest BCUT2D eigenvalue weighted by molar-refractivity contribution is 6.31. The van der Waals surface area contributed by atoms with Gasteiger partial charge in [0.15, 0.2) is 0 Å². The lowest BCUT2D eigenvalue weighted by Crippen LogP contribution is -2.58. The first-order valence-corrected chi connectivity index (χ1v) is 8.03. The number of amides is 4. The van der Waals surface area contributed by atoms with Crippen LogP contribution in [0, 0.1) is 6.92 Å². The zero-order chi connectivity index (χ0) is 16.4. The highest BCUT2D eigenvalue weighted by atomic mass is 16.2. The van der Waals surface area contributed by atoms with Crippen molar-refractivity contribution in [2.75, 3.05) is 0 Å². The molecule has 0 radical (unpaired) electrons. The van der Waals surface area contributed by atoms with Crippen LogP contribution in [0.25, 0.3) is 6.08 Å². The van der Waals surface area contributed by atoms with Crippen LogP contribution in [0.15, 0.2) is 29.8 Å². The molecule has 4 amide bonds. The molecule has 0 bridgehead atoms. The minimum absolute atomic E-state index is 0.0269. The van der Waals surface area contributed by atoms with E-state index in [-0.39, 0.29) is 11.6 Å². The Balaban J connectivity index is 1.90. The molecule has 2 aliphatic rings. The van der Waals surface area contributed by atoms with Crippen LogP contribution in [-0.2, 0) is 9.59 Å². The molecule has 0 spiro atoms. The standard InChI is InChI=1S/C18H20N2O3/c1-12-7-9-13(10-8-12)11-15-16(21)19-18(23)20(17(15)22)14-5-3-2-4-6-14/h7-11,14H,2-6H2,1H3,(H,19,21,23). The van der Waals surface area contributed by atoms with Crippen LogP contribution < -0.4 is 5.32 Å². The fraction of sp³-hybridized carbons (Fsp3) is 0.389. The third-order valence-electron chi connectivity index (χ3n) is 4.46. The monoisotopic (exact) mass is 312 g/mol. The van der Waals surface area contributed by atoms with Gasteiger partial charge in [0.2, 0.25) is 0 Å². The molecule has 1 saturated carbocycles. The van der Waals surface area contributed by atoms with E-state index in [1.165, 1.54) is 4.90 Å². The average molecular weight is 312 g/mol. The minimum Gasteiger partial charge on any atom is -0.273 e. The summed E-state index contributed by atoms with van der Waals surface area (Å²) in [5, 5.41) is 2.30. The Hall–Kier alpha value is -2.43. The molecular weight excluding hydrogens is 292 g/mol. The van der Waals surface area contributed by atoms with Crippen LogP contribution in [-0.4, -0.2) is 28.8 Å². The molecule has 5 nitrogen and oxygen atoms in total. The first-order valence-electron chi connectivity index (χ1n) is 8.03. The lowest BCUT2D eigenvalue weighted by Gasteiger charge is -2.35. The van der Waals surface area contributed by atoms with E-state index in [4.69, 9.17) is 0 Å². The fourth-order valence-corrected chi connectivity index (χ4v) is 3.17. The van der Waals surface area contributed by atoms with Crippen LogP contribution in [0.2, 0.25) is 0 Å². The van der Waals surface area contributed by atoms with E-state index in [0.717, 1.165) is 43.2 Å². The maximum atomic E-state index is 12.7. The van der Waals surface area contributed by atoms with Gasteiger partial charge in [0.1, 0.15) is 5.57 Å². The number of imide groups is 2. The number of urea groups is 1. The quantitative estimate of drug-likeness (QED) is 0.674. The first kappa shape index (κ1) is 15.5. The van der Waals surface area contributed by atoms with Crippen LogP contribution in [0.3, 0.4) is 0 Å². The Labute approximate surface area is 135 Å². The number of benzene rings is 1. The predicted octanol–water partition coefficient (Wildman–Crippen LogP) is 2.79. The molecule has 3 rings (SSSR count). The van der Waals surface area contributed by atoms with Gasteiger partial charge in [-0.1, -0.05) is 49.1 Å². The molecule has 1 aromatic carbocycles. The zero-order valence-corrected chi connectivity index (χ0v) is 13.2. The molecule has 120 valence electrons. The van der Waals surface area contributed by atoms with Crippen LogP contribution >= 0.6 is 0 Å². The lowest BCUT2D eigenvalue weighted by molar-refractivity contribution is -0.132. The van der Waals surface area contributed by atoms with Gasteiger partial charge in [-0.05, 0) is 31.4 Å². The van der Waals surface area contributed by atoms with Gasteiger partial charge in [0.05, 0.1) is 0 Å². The Morgan fingerprint density at radius 2 is 1.70 bits per heavy atom. The van der Waals surface area contributed by atoms with Gasteiger partial charge in [0.25, 0.3) is 11.8 Å². The fourth-order valence-electron chi connectivity index (χ4n) is 3.17. The third-order valence-corrected chi connectivity index (χ3v) is 4.46. The topological polar surface area (TPSA) is 66.5 Å². The maximum Gasteiger partial charge on any atom is 0.331 e. The van der Waals surface area contributed by atoms with E-state index >= 15 is 0 Å². The first-order chi connectivity index (χ1) is 11.1. The molecule has 0 aromatic heterocycles. The second-order valence-corrected chi connectivity index (χ2v) is 6.19. The molecular formula is C18H20N2O3. The normalized spacial score (nSPS) is 21.7. The van der Waals surface area contributed by atoms with E-state index < -0.39 is 17.8 Å². The summed E-state index contributed by atoms with van der Waals surface area (Å²) < 4.78 is 0. The highest BCUT2D eigenvalue weighted by Gasteiger charge is 2.40. The highest BCUT2D eigenvalue weighted by Crippen LogP contribution is 2.26. The summed E-state index contributed by atoms with van der Waals surface area (Å²) in [5.41, 5.74) is 1.90. The number of barbiturate groups is 1. The number of carbonyl (C=O) groups excluding carboxylic acids is 3. The molecule has 1 aliphatic carbocycles.